The van der Waals surface area contributed by atoms with Crippen LogP contribution in [-0.2, 0) is 0 Å². The molecule has 0 saturated heterocycles. The molecule has 134 valence electrons. The van der Waals surface area contributed by atoms with E-state index in [0.29, 0.717) is 11.6 Å². The first-order valence-corrected chi connectivity index (χ1v) is 8.82. The maximum Gasteiger partial charge on any atom is 0.259 e. The van der Waals surface area contributed by atoms with E-state index in [1.165, 1.54) is 12.3 Å². The van der Waals surface area contributed by atoms with Crippen LogP contribution >= 0.6 is 11.3 Å². The maximum absolute atomic E-state index is 13.6. The Hall–Kier alpha value is -3.39. The Morgan fingerprint density at radius 3 is 2.78 bits per heavy atom. The molecule has 4 aromatic rings. The van der Waals surface area contributed by atoms with Crippen LogP contribution in [0.3, 0.4) is 0 Å². The molecular formula is C19H13FN4O2S. The summed E-state index contributed by atoms with van der Waals surface area (Å²) in [5.41, 5.74) is 1.92. The third kappa shape index (κ3) is 3.47. The van der Waals surface area contributed by atoms with Crippen LogP contribution in [0.1, 0.15) is 15.9 Å². The molecule has 4 heterocycles. The van der Waals surface area contributed by atoms with Crippen LogP contribution in [0.2, 0.25) is 0 Å². The Morgan fingerprint density at radius 2 is 2.07 bits per heavy atom. The topological polar surface area (TPSA) is 80.9 Å². The van der Waals surface area contributed by atoms with Gasteiger partial charge in [-0.15, -0.1) is 11.3 Å². The van der Waals surface area contributed by atoms with E-state index in [4.69, 9.17) is 4.52 Å². The molecule has 0 bridgehead atoms. The minimum atomic E-state index is -0.680. The third-order valence-electron chi connectivity index (χ3n) is 3.88. The van der Waals surface area contributed by atoms with Crippen LogP contribution < -0.4 is 5.32 Å². The van der Waals surface area contributed by atoms with Gasteiger partial charge in [-0.3, -0.25) is 9.78 Å². The first-order chi connectivity index (χ1) is 13.1. The van der Waals surface area contributed by atoms with E-state index in [-0.39, 0.29) is 5.56 Å². The minimum Gasteiger partial charge on any atom is -0.355 e. The fourth-order valence-corrected chi connectivity index (χ4v) is 3.70. The molecule has 4 aromatic heterocycles. The van der Waals surface area contributed by atoms with Gasteiger partial charge in [0.2, 0.25) is 0 Å². The lowest BCUT2D eigenvalue weighted by atomic mass is 10.1. The zero-order valence-corrected chi connectivity index (χ0v) is 15.0. The van der Waals surface area contributed by atoms with E-state index in [2.05, 4.69) is 20.4 Å². The number of amides is 1. The third-order valence-corrected chi connectivity index (χ3v) is 5.18. The van der Waals surface area contributed by atoms with Crippen molar-refractivity contribution in [3.63, 3.8) is 0 Å². The first-order valence-electron chi connectivity index (χ1n) is 8.00. The van der Waals surface area contributed by atoms with Gasteiger partial charge in [0.25, 0.3) is 5.91 Å². The molecule has 4 rings (SSSR count). The van der Waals surface area contributed by atoms with Gasteiger partial charge in [-0.25, -0.2) is 9.37 Å². The van der Waals surface area contributed by atoms with Crippen molar-refractivity contribution < 1.29 is 13.7 Å². The predicted octanol–water partition coefficient (Wildman–Crippen LogP) is 4.56. The Bertz CT molecular complexity index is 1090. The Labute approximate surface area is 157 Å². The van der Waals surface area contributed by atoms with Gasteiger partial charge >= 0.3 is 0 Å². The normalized spacial score (nSPS) is 10.7. The summed E-state index contributed by atoms with van der Waals surface area (Å²) in [6.07, 6.45) is 5.63. The van der Waals surface area contributed by atoms with Gasteiger partial charge < -0.3 is 9.84 Å². The fourth-order valence-electron chi connectivity index (χ4n) is 2.58. The van der Waals surface area contributed by atoms with Crippen molar-refractivity contribution in [1.29, 1.82) is 0 Å². The van der Waals surface area contributed by atoms with Crippen LogP contribution in [0.4, 0.5) is 10.2 Å². The number of anilines is 1. The number of nitrogens with zero attached hydrogens (tertiary/aromatic N) is 3. The van der Waals surface area contributed by atoms with E-state index < -0.39 is 11.7 Å². The van der Waals surface area contributed by atoms with Crippen LogP contribution in [0.15, 0.2) is 59.6 Å². The average Bonchev–Trinajstić information content (AvgIpc) is 3.32. The molecular weight excluding hydrogens is 367 g/mol. The summed E-state index contributed by atoms with van der Waals surface area (Å²) in [6.45, 7) is 2.01. The quantitative estimate of drug-likeness (QED) is 0.561. The number of rotatable bonds is 4. The number of aryl methyl sites for hydroxylation is 1. The van der Waals surface area contributed by atoms with E-state index >= 15 is 0 Å². The van der Waals surface area contributed by atoms with Crippen molar-refractivity contribution in [2.75, 3.05) is 5.32 Å². The highest BCUT2D eigenvalue weighted by Gasteiger charge is 2.14. The Morgan fingerprint density at radius 1 is 1.19 bits per heavy atom. The molecule has 0 aromatic carbocycles. The number of hydrogen-bond acceptors (Lipinski definition) is 6. The van der Waals surface area contributed by atoms with Crippen molar-refractivity contribution in [2.45, 2.75) is 6.92 Å². The summed E-state index contributed by atoms with van der Waals surface area (Å²) in [5.74, 6) is -0.203. The lowest BCUT2D eigenvalue weighted by molar-refractivity contribution is 0.102. The van der Waals surface area contributed by atoms with Crippen LogP contribution in [0.5, 0.6) is 0 Å². The molecule has 0 radical (unpaired) electrons. The molecule has 1 N–H and O–H groups in total. The summed E-state index contributed by atoms with van der Waals surface area (Å²) in [6, 6.07) is 8.69. The fraction of sp³-hybridized carbons (Fsp3) is 0.0526. The SMILES string of the molecule is Cc1cc(-c2ccno2)sc1-c1ccc(NC(=O)c2ccncc2F)nc1. The number of carbonyl (C=O) groups excluding carboxylic acids is 1. The minimum absolute atomic E-state index is 0.0818. The molecule has 0 fully saturated rings. The number of pyridine rings is 2. The summed E-state index contributed by atoms with van der Waals surface area (Å²) in [7, 11) is 0. The van der Waals surface area contributed by atoms with Crippen molar-refractivity contribution in [2.24, 2.45) is 0 Å². The maximum atomic E-state index is 13.6. The monoisotopic (exact) mass is 380 g/mol. The van der Waals surface area contributed by atoms with Gasteiger partial charge in [0.15, 0.2) is 11.6 Å². The molecule has 0 aliphatic carbocycles. The smallest absolute Gasteiger partial charge is 0.259 e. The number of carbonyl (C=O) groups is 1. The van der Waals surface area contributed by atoms with Crippen LogP contribution in [0.25, 0.3) is 21.1 Å². The molecule has 8 heteroatoms. The number of hydrogen-bond donors (Lipinski definition) is 1. The average molecular weight is 380 g/mol. The molecule has 1 amide bonds. The number of aromatic nitrogens is 3. The van der Waals surface area contributed by atoms with E-state index in [0.717, 1.165) is 27.1 Å². The zero-order valence-electron chi connectivity index (χ0n) is 14.1. The molecule has 0 atom stereocenters. The van der Waals surface area contributed by atoms with Crippen molar-refractivity contribution in [3.8, 4) is 21.1 Å². The first kappa shape index (κ1) is 17.0. The van der Waals surface area contributed by atoms with Gasteiger partial charge in [-0.05, 0) is 36.8 Å². The van der Waals surface area contributed by atoms with Gasteiger partial charge in [-0.1, -0.05) is 5.16 Å². The van der Waals surface area contributed by atoms with E-state index in [1.807, 2.05) is 25.1 Å². The van der Waals surface area contributed by atoms with Gasteiger partial charge in [0, 0.05) is 28.9 Å². The highest BCUT2D eigenvalue weighted by Crippen LogP contribution is 2.37. The number of nitrogens with one attached hydrogen (secondary N) is 1. The van der Waals surface area contributed by atoms with Crippen molar-refractivity contribution >= 4 is 23.1 Å². The largest absolute Gasteiger partial charge is 0.355 e. The second-order valence-corrected chi connectivity index (χ2v) is 6.79. The summed E-state index contributed by atoms with van der Waals surface area (Å²) >= 11 is 1.57. The highest BCUT2D eigenvalue weighted by atomic mass is 32.1. The summed E-state index contributed by atoms with van der Waals surface area (Å²) < 4.78 is 18.8. The lowest BCUT2D eigenvalue weighted by Crippen LogP contribution is -2.14. The summed E-state index contributed by atoms with van der Waals surface area (Å²) in [4.78, 5) is 22.1. The van der Waals surface area contributed by atoms with Gasteiger partial charge in [0.1, 0.15) is 5.82 Å². The molecule has 0 aliphatic heterocycles. The second-order valence-electron chi connectivity index (χ2n) is 5.74. The number of halogens is 1. The molecule has 0 unspecified atom stereocenters. The van der Waals surface area contributed by atoms with E-state index in [9.17, 15) is 9.18 Å². The Kier molecular flexibility index (Phi) is 4.47. The van der Waals surface area contributed by atoms with Crippen molar-refractivity contribution in [1.82, 2.24) is 15.1 Å². The lowest BCUT2D eigenvalue weighted by Gasteiger charge is -2.06. The molecule has 0 spiro atoms. The standard InChI is InChI=1S/C19H13FN4O2S/c1-11-8-16(15-5-7-23-26-15)27-18(11)12-2-3-17(22-9-12)24-19(25)13-4-6-21-10-14(13)20/h2-10H,1H3,(H,22,24,25). The summed E-state index contributed by atoms with van der Waals surface area (Å²) in [5, 5.41) is 6.31. The predicted molar refractivity (Wildman–Crippen MR) is 99.9 cm³/mol. The number of thiophene rings is 1. The molecule has 6 nitrogen and oxygen atoms in total. The molecule has 0 saturated carbocycles. The highest BCUT2D eigenvalue weighted by molar-refractivity contribution is 7.19. The molecule has 0 aliphatic rings. The molecule has 27 heavy (non-hydrogen) atoms. The van der Waals surface area contributed by atoms with Crippen LogP contribution in [0, 0.1) is 12.7 Å². The van der Waals surface area contributed by atoms with Crippen LogP contribution in [-0.4, -0.2) is 21.0 Å². The Balaban J connectivity index is 1.55. The van der Waals surface area contributed by atoms with Gasteiger partial charge in [-0.2, -0.15) is 0 Å². The van der Waals surface area contributed by atoms with E-state index in [1.54, 1.807) is 29.8 Å². The van der Waals surface area contributed by atoms with Crippen molar-refractivity contribution in [3.05, 3.63) is 72.1 Å². The zero-order chi connectivity index (χ0) is 18.8. The van der Waals surface area contributed by atoms with Gasteiger partial charge in [0.05, 0.1) is 22.8 Å². The second kappa shape index (κ2) is 7.08.